The number of nitrogens with zero attached hydrogens (tertiary/aromatic N) is 3. The van der Waals surface area contributed by atoms with Crippen LogP contribution in [-0.4, -0.2) is 26.3 Å². The number of hydrogen-bond acceptors (Lipinski definition) is 4. The highest BCUT2D eigenvalue weighted by atomic mass is 16.1. The standard InChI is InChI=1S/C8H7N5O/c1-4-2-9-8-11-7(14)5-3-10-12-6(5)13(4)8/h3H,1-2H2,(H,10,12)(H,9,11,14). The molecule has 6 nitrogen and oxygen atoms in total. The number of aromatic amines is 1. The quantitative estimate of drug-likeness (QED) is 0.612. The normalized spacial score (nSPS) is 14.4. The predicted molar refractivity (Wildman–Crippen MR) is 52.0 cm³/mol. The van der Waals surface area contributed by atoms with E-state index in [0.717, 1.165) is 5.70 Å². The molecule has 14 heavy (non-hydrogen) atoms. The second-order valence-electron chi connectivity index (χ2n) is 3.13. The molecule has 0 amide bonds. The van der Waals surface area contributed by atoms with E-state index in [0.29, 0.717) is 23.5 Å². The molecule has 1 aliphatic rings. The Labute approximate surface area is 78.3 Å². The van der Waals surface area contributed by atoms with Crippen molar-refractivity contribution in [2.75, 3.05) is 11.9 Å². The molecule has 3 rings (SSSR count). The lowest BCUT2D eigenvalue weighted by Crippen LogP contribution is -2.11. The minimum Gasteiger partial charge on any atom is -0.350 e. The Bertz CT molecular complexity index is 593. The molecule has 0 radical (unpaired) electrons. The Morgan fingerprint density at radius 2 is 2.43 bits per heavy atom. The number of aromatic nitrogens is 4. The highest BCUT2D eigenvalue weighted by molar-refractivity contribution is 5.81. The fourth-order valence-electron chi connectivity index (χ4n) is 1.61. The van der Waals surface area contributed by atoms with Gasteiger partial charge in [-0.15, -0.1) is 0 Å². The van der Waals surface area contributed by atoms with Crippen LogP contribution in [0.4, 0.5) is 5.95 Å². The molecule has 0 aromatic carbocycles. The first-order chi connectivity index (χ1) is 6.77. The second-order valence-corrected chi connectivity index (χ2v) is 3.13. The van der Waals surface area contributed by atoms with Gasteiger partial charge in [-0.05, 0) is 0 Å². The van der Waals surface area contributed by atoms with Gasteiger partial charge in [0.2, 0.25) is 5.95 Å². The summed E-state index contributed by atoms with van der Waals surface area (Å²) < 4.78 is 1.77. The molecule has 0 unspecified atom stereocenters. The molecule has 0 atom stereocenters. The Morgan fingerprint density at radius 1 is 1.57 bits per heavy atom. The topological polar surface area (TPSA) is 75.6 Å². The summed E-state index contributed by atoms with van der Waals surface area (Å²) in [6.07, 6.45) is 1.48. The van der Waals surface area contributed by atoms with Gasteiger partial charge in [-0.25, -0.2) is 0 Å². The summed E-state index contributed by atoms with van der Waals surface area (Å²) in [6, 6.07) is 0. The van der Waals surface area contributed by atoms with E-state index in [-0.39, 0.29) is 5.56 Å². The minimum atomic E-state index is -0.276. The van der Waals surface area contributed by atoms with Crippen molar-refractivity contribution < 1.29 is 0 Å². The lowest BCUT2D eigenvalue weighted by molar-refractivity contribution is 1.04. The van der Waals surface area contributed by atoms with Gasteiger partial charge >= 0.3 is 0 Å². The van der Waals surface area contributed by atoms with E-state index in [1.54, 1.807) is 4.57 Å². The van der Waals surface area contributed by atoms with E-state index in [1.165, 1.54) is 6.20 Å². The SMILES string of the molecule is C=C1CNc2nc(=O)c3cn[nH]c3n21. The van der Waals surface area contributed by atoms with Crippen LogP contribution in [0.15, 0.2) is 17.6 Å². The van der Waals surface area contributed by atoms with Crippen molar-refractivity contribution in [2.45, 2.75) is 0 Å². The molecular weight excluding hydrogens is 182 g/mol. The molecule has 2 N–H and O–H groups in total. The Hall–Kier alpha value is -2.11. The maximum atomic E-state index is 11.5. The van der Waals surface area contributed by atoms with Crippen LogP contribution in [0, 0.1) is 0 Å². The number of anilines is 1. The van der Waals surface area contributed by atoms with Crippen molar-refractivity contribution in [2.24, 2.45) is 0 Å². The van der Waals surface area contributed by atoms with Crippen LogP contribution in [0.5, 0.6) is 0 Å². The average Bonchev–Trinajstić information content (AvgIpc) is 2.72. The van der Waals surface area contributed by atoms with Gasteiger partial charge in [-0.1, -0.05) is 6.58 Å². The summed E-state index contributed by atoms with van der Waals surface area (Å²) in [5.41, 5.74) is 1.22. The average molecular weight is 189 g/mol. The van der Waals surface area contributed by atoms with Crippen molar-refractivity contribution in [3.05, 3.63) is 23.1 Å². The van der Waals surface area contributed by atoms with Crippen LogP contribution < -0.4 is 10.9 Å². The van der Waals surface area contributed by atoms with Crippen molar-refractivity contribution >= 4 is 22.7 Å². The van der Waals surface area contributed by atoms with Gasteiger partial charge in [-0.2, -0.15) is 10.1 Å². The molecule has 0 fully saturated rings. The van der Waals surface area contributed by atoms with Crippen LogP contribution in [0.25, 0.3) is 16.7 Å². The highest BCUT2D eigenvalue weighted by Crippen LogP contribution is 2.21. The third kappa shape index (κ3) is 0.723. The number of nitrogens with one attached hydrogen (secondary N) is 2. The van der Waals surface area contributed by atoms with Gasteiger partial charge in [0.15, 0.2) is 0 Å². The molecule has 0 bridgehead atoms. The van der Waals surface area contributed by atoms with Crippen molar-refractivity contribution in [3.63, 3.8) is 0 Å². The molecule has 2 aromatic heterocycles. The molecule has 0 aliphatic carbocycles. The summed E-state index contributed by atoms with van der Waals surface area (Å²) >= 11 is 0. The fraction of sp³-hybridized carbons (Fsp3) is 0.125. The molecular formula is C8H7N5O. The van der Waals surface area contributed by atoms with Gasteiger partial charge in [-0.3, -0.25) is 14.5 Å². The summed E-state index contributed by atoms with van der Waals surface area (Å²) in [6.45, 7) is 4.47. The first-order valence-corrected chi connectivity index (χ1v) is 4.15. The minimum absolute atomic E-state index is 0.276. The molecule has 0 saturated carbocycles. The third-order valence-electron chi connectivity index (χ3n) is 2.26. The molecule has 70 valence electrons. The Morgan fingerprint density at radius 3 is 3.29 bits per heavy atom. The van der Waals surface area contributed by atoms with Crippen molar-refractivity contribution in [1.82, 2.24) is 19.7 Å². The van der Waals surface area contributed by atoms with Crippen molar-refractivity contribution in [3.8, 4) is 0 Å². The smallest absolute Gasteiger partial charge is 0.285 e. The monoisotopic (exact) mass is 189 g/mol. The molecule has 6 heteroatoms. The molecule has 2 aromatic rings. The van der Waals surface area contributed by atoms with Crippen LogP contribution in [0.3, 0.4) is 0 Å². The fourth-order valence-corrected chi connectivity index (χ4v) is 1.61. The van der Waals surface area contributed by atoms with Gasteiger partial charge in [0.05, 0.1) is 12.7 Å². The van der Waals surface area contributed by atoms with E-state index >= 15 is 0 Å². The second kappa shape index (κ2) is 2.22. The first-order valence-electron chi connectivity index (χ1n) is 4.15. The largest absolute Gasteiger partial charge is 0.350 e. The predicted octanol–water partition coefficient (Wildman–Crippen LogP) is 0.0158. The van der Waals surface area contributed by atoms with Gasteiger partial charge < -0.3 is 5.32 Å². The van der Waals surface area contributed by atoms with E-state index in [4.69, 9.17) is 0 Å². The zero-order valence-corrected chi connectivity index (χ0v) is 7.24. The van der Waals surface area contributed by atoms with E-state index in [1.807, 2.05) is 0 Å². The summed E-state index contributed by atoms with van der Waals surface area (Å²) in [5.74, 6) is 0.525. The maximum absolute atomic E-state index is 11.5. The van der Waals surface area contributed by atoms with E-state index in [9.17, 15) is 4.79 Å². The Kier molecular flexibility index (Phi) is 1.16. The van der Waals surface area contributed by atoms with Gasteiger partial charge in [0, 0.05) is 5.70 Å². The van der Waals surface area contributed by atoms with Gasteiger partial charge in [0.25, 0.3) is 5.56 Å². The molecule has 0 spiro atoms. The molecule has 3 heterocycles. The lowest BCUT2D eigenvalue weighted by Gasteiger charge is -2.02. The number of rotatable bonds is 0. The summed E-state index contributed by atoms with van der Waals surface area (Å²) in [4.78, 5) is 15.3. The van der Waals surface area contributed by atoms with Crippen molar-refractivity contribution in [1.29, 1.82) is 0 Å². The van der Waals surface area contributed by atoms with Crippen LogP contribution >= 0.6 is 0 Å². The zero-order chi connectivity index (χ0) is 9.71. The number of hydrogen-bond donors (Lipinski definition) is 2. The summed E-state index contributed by atoms with van der Waals surface area (Å²) in [5, 5.41) is 10.0. The molecule has 0 saturated heterocycles. The van der Waals surface area contributed by atoms with Crippen LogP contribution in [0.1, 0.15) is 0 Å². The number of H-pyrrole nitrogens is 1. The highest BCUT2D eigenvalue weighted by Gasteiger charge is 2.18. The van der Waals surface area contributed by atoms with E-state index in [2.05, 4.69) is 27.1 Å². The van der Waals surface area contributed by atoms with Crippen LogP contribution in [-0.2, 0) is 0 Å². The van der Waals surface area contributed by atoms with Gasteiger partial charge in [0.1, 0.15) is 11.0 Å². The Balaban J connectivity index is 2.57. The first kappa shape index (κ1) is 7.31. The number of fused-ring (bicyclic) bond motifs is 3. The zero-order valence-electron chi connectivity index (χ0n) is 7.24. The summed E-state index contributed by atoms with van der Waals surface area (Å²) in [7, 11) is 0. The lowest BCUT2D eigenvalue weighted by atomic mass is 10.4. The third-order valence-corrected chi connectivity index (χ3v) is 2.26. The van der Waals surface area contributed by atoms with Crippen LogP contribution in [0.2, 0.25) is 0 Å². The maximum Gasteiger partial charge on any atom is 0.285 e. The molecule has 1 aliphatic heterocycles. The van der Waals surface area contributed by atoms with E-state index < -0.39 is 0 Å².